The number of hydrogen-bond donors (Lipinski definition) is 7. The van der Waals surface area contributed by atoms with Gasteiger partial charge in [-0.2, -0.15) is 0 Å². The van der Waals surface area contributed by atoms with Gasteiger partial charge in [0.2, 0.25) is 0 Å². The zero-order valence-electron chi connectivity index (χ0n) is 21.1. The van der Waals surface area contributed by atoms with Gasteiger partial charge in [-0.3, -0.25) is 27.9 Å². The smallest absolute Gasteiger partial charge is 0.387 e. The van der Waals surface area contributed by atoms with E-state index in [2.05, 4.69) is 19.5 Å². The fourth-order valence-electron chi connectivity index (χ4n) is 4.54. The molecule has 230 valence electrons. The monoisotopic (exact) mass is 637 g/mol. The molecule has 0 aliphatic carbocycles. The Kier molecular flexibility index (Phi) is 8.47. The van der Waals surface area contributed by atoms with E-state index in [1.807, 2.05) is 4.98 Å². The molecule has 42 heavy (non-hydrogen) atoms. The second-order valence-electron chi connectivity index (χ2n) is 9.21. The average molecular weight is 637 g/mol. The molecule has 2 saturated heterocycles. The molecule has 2 fully saturated rings. The highest BCUT2D eigenvalue weighted by Gasteiger charge is 2.48. The number of aromatic amines is 1. The van der Waals surface area contributed by atoms with E-state index in [9.17, 15) is 33.8 Å². The van der Waals surface area contributed by atoms with Crippen molar-refractivity contribution >= 4 is 32.6 Å². The van der Waals surface area contributed by atoms with Crippen molar-refractivity contribution in [2.75, 3.05) is 25.6 Å². The molecule has 1 unspecified atom stereocenters. The molecule has 0 bridgehead atoms. The summed E-state index contributed by atoms with van der Waals surface area (Å²) in [5, 5.41) is 20.8. The maximum atomic E-state index is 13.0. The number of anilines is 1. The quantitative estimate of drug-likeness (QED) is 0.110. The molecule has 3 aromatic heterocycles. The van der Waals surface area contributed by atoms with E-state index in [-0.39, 0.29) is 23.6 Å². The lowest BCUT2D eigenvalue weighted by Crippen LogP contribution is -2.37. The number of nitrogens with zero attached hydrogens (tertiary/aromatic N) is 5. The summed E-state index contributed by atoms with van der Waals surface area (Å²) in [6, 6.07) is 0.0327. The molecule has 0 aromatic carbocycles. The van der Waals surface area contributed by atoms with Gasteiger partial charge < -0.3 is 44.7 Å². The van der Waals surface area contributed by atoms with Gasteiger partial charge in [0.25, 0.3) is 5.56 Å². The van der Waals surface area contributed by atoms with Crippen LogP contribution in [0.3, 0.4) is 0 Å². The number of phosphoric ester groups is 2. The Hall–Kier alpha value is -2.91. The van der Waals surface area contributed by atoms with Crippen LogP contribution in [0.15, 0.2) is 34.5 Å². The van der Waals surface area contributed by atoms with E-state index in [1.165, 1.54) is 10.9 Å². The first-order valence-electron chi connectivity index (χ1n) is 12.0. The van der Waals surface area contributed by atoms with Crippen molar-refractivity contribution in [3.05, 3.63) is 45.8 Å². The maximum absolute atomic E-state index is 13.0. The Balaban J connectivity index is 1.33. The van der Waals surface area contributed by atoms with Crippen LogP contribution in [-0.2, 0) is 32.2 Å². The molecule has 3 aromatic rings. The van der Waals surface area contributed by atoms with Crippen molar-refractivity contribution < 1.29 is 57.1 Å². The minimum Gasteiger partial charge on any atom is -0.387 e. The van der Waals surface area contributed by atoms with Gasteiger partial charge >= 0.3 is 21.3 Å². The fourth-order valence-corrected chi connectivity index (χ4v) is 5.86. The summed E-state index contributed by atoms with van der Waals surface area (Å²) in [5.41, 5.74) is 4.59. The third-order valence-electron chi connectivity index (χ3n) is 6.50. The summed E-state index contributed by atoms with van der Waals surface area (Å²) in [7, 11) is -10.0. The van der Waals surface area contributed by atoms with Crippen molar-refractivity contribution in [3.8, 4) is 0 Å². The van der Waals surface area contributed by atoms with E-state index in [0.29, 0.717) is 0 Å². The Morgan fingerprint density at radius 2 is 1.79 bits per heavy atom. The Labute approximate surface area is 233 Å². The van der Waals surface area contributed by atoms with Gasteiger partial charge in [-0.25, -0.2) is 28.9 Å². The van der Waals surface area contributed by atoms with Gasteiger partial charge in [-0.15, -0.1) is 0 Å². The van der Waals surface area contributed by atoms with E-state index < -0.39 is 82.9 Å². The Bertz CT molecular complexity index is 1660. The van der Waals surface area contributed by atoms with Crippen LogP contribution in [-0.4, -0.2) is 104 Å². The van der Waals surface area contributed by atoms with Gasteiger partial charge in [0.15, 0.2) is 17.7 Å². The lowest BCUT2D eigenvalue weighted by atomic mass is 10.1. The van der Waals surface area contributed by atoms with Crippen LogP contribution in [0, 0.1) is 0 Å². The van der Waals surface area contributed by atoms with E-state index in [1.54, 1.807) is 0 Å². The SMILES string of the molecule is Nc1ncnc2c1ncn2[C@@H]1CO[C@H](COP(=O)(O)O)[C@H]1OP(=O)(O)OC[C@H]1O[C@@H](n2ccc(=O)[nH]c2=O)[C@H](O)[C@@H]1O. The van der Waals surface area contributed by atoms with Crippen LogP contribution in [0.4, 0.5) is 5.82 Å². The number of nitrogen functional groups attached to an aromatic ring is 1. The molecule has 0 saturated carbocycles. The number of H-pyrrole nitrogens is 1. The van der Waals surface area contributed by atoms with Crippen LogP contribution in [0.2, 0.25) is 0 Å². The summed E-state index contributed by atoms with van der Waals surface area (Å²) in [5.74, 6) is 0.0485. The second-order valence-corrected chi connectivity index (χ2v) is 11.9. The predicted octanol–water partition coefficient (Wildman–Crippen LogP) is -2.87. The number of aliphatic hydroxyl groups excluding tert-OH is 2. The molecular weight excluding hydrogens is 612 g/mol. The summed E-state index contributed by atoms with van der Waals surface area (Å²) >= 11 is 0. The zero-order chi connectivity index (χ0) is 30.4. The first-order valence-corrected chi connectivity index (χ1v) is 15.0. The minimum atomic E-state index is -5.07. The molecule has 21 nitrogen and oxygen atoms in total. The van der Waals surface area contributed by atoms with Crippen molar-refractivity contribution in [3.63, 3.8) is 0 Å². The van der Waals surface area contributed by atoms with Crippen LogP contribution >= 0.6 is 15.6 Å². The summed E-state index contributed by atoms with van der Waals surface area (Å²) in [6.07, 6.45) is -5.54. The normalized spacial score (nSPS) is 29.7. The maximum Gasteiger partial charge on any atom is 0.472 e. The summed E-state index contributed by atoms with van der Waals surface area (Å²) in [6.45, 7) is -1.77. The highest BCUT2D eigenvalue weighted by atomic mass is 31.2. The molecule has 5 heterocycles. The van der Waals surface area contributed by atoms with Crippen LogP contribution in [0.5, 0.6) is 0 Å². The number of nitrogens with one attached hydrogen (secondary N) is 1. The number of rotatable bonds is 10. The van der Waals surface area contributed by atoms with Gasteiger partial charge in [0.1, 0.15) is 42.4 Å². The van der Waals surface area contributed by atoms with Crippen molar-refractivity contribution in [1.29, 1.82) is 0 Å². The lowest BCUT2D eigenvalue weighted by Gasteiger charge is -2.26. The van der Waals surface area contributed by atoms with Crippen LogP contribution in [0.25, 0.3) is 11.2 Å². The third kappa shape index (κ3) is 6.37. The van der Waals surface area contributed by atoms with Gasteiger partial charge in [0.05, 0.1) is 32.2 Å². The fraction of sp³-hybridized carbons (Fsp3) is 0.526. The lowest BCUT2D eigenvalue weighted by molar-refractivity contribution is -0.0585. The number of ether oxygens (including phenoxy) is 2. The van der Waals surface area contributed by atoms with Crippen LogP contribution < -0.4 is 17.0 Å². The van der Waals surface area contributed by atoms with Crippen molar-refractivity contribution in [2.45, 2.75) is 42.8 Å². The van der Waals surface area contributed by atoms with Crippen LogP contribution in [0.1, 0.15) is 12.3 Å². The number of aromatic nitrogens is 6. The predicted molar refractivity (Wildman–Crippen MR) is 134 cm³/mol. The molecule has 8 N–H and O–H groups in total. The van der Waals surface area contributed by atoms with E-state index in [4.69, 9.17) is 34.0 Å². The second kappa shape index (κ2) is 11.6. The topological polar surface area (TPSA) is 306 Å². The molecule has 0 radical (unpaired) electrons. The Morgan fingerprint density at radius 1 is 1.05 bits per heavy atom. The third-order valence-corrected chi connectivity index (χ3v) is 7.97. The van der Waals surface area contributed by atoms with Crippen molar-refractivity contribution in [2.24, 2.45) is 0 Å². The number of fused-ring (bicyclic) bond motifs is 1. The van der Waals surface area contributed by atoms with Gasteiger partial charge in [-0.05, 0) is 0 Å². The van der Waals surface area contributed by atoms with Crippen molar-refractivity contribution in [1.82, 2.24) is 29.1 Å². The molecule has 0 spiro atoms. The number of aliphatic hydroxyl groups is 2. The molecule has 2 aliphatic heterocycles. The van der Waals surface area contributed by atoms with E-state index >= 15 is 0 Å². The van der Waals surface area contributed by atoms with Gasteiger partial charge in [-0.1, -0.05) is 0 Å². The molecule has 23 heteroatoms. The molecule has 2 aliphatic rings. The first-order chi connectivity index (χ1) is 19.7. The number of nitrogens with two attached hydrogens (primary N) is 1. The molecule has 0 amide bonds. The highest BCUT2D eigenvalue weighted by Crippen LogP contribution is 2.50. The number of hydrogen-bond acceptors (Lipinski definition) is 15. The summed E-state index contributed by atoms with van der Waals surface area (Å²) < 4.78 is 52.4. The Morgan fingerprint density at radius 3 is 2.50 bits per heavy atom. The number of imidazole rings is 1. The molecule has 5 rings (SSSR count). The highest BCUT2D eigenvalue weighted by molar-refractivity contribution is 7.47. The average Bonchev–Trinajstić information content (AvgIpc) is 3.58. The molecule has 8 atom stereocenters. The first kappa shape index (κ1) is 30.5. The van der Waals surface area contributed by atoms with E-state index in [0.717, 1.165) is 23.2 Å². The zero-order valence-corrected chi connectivity index (χ0v) is 22.9. The minimum absolute atomic E-state index is 0.0485. The largest absolute Gasteiger partial charge is 0.472 e. The van der Waals surface area contributed by atoms with Gasteiger partial charge in [0, 0.05) is 12.3 Å². The number of phosphoric acid groups is 2. The summed E-state index contributed by atoms with van der Waals surface area (Å²) in [4.78, 5) is 66.2. The molecular formula is C19H25N7O14P2. The standard InChI is InChI=1S/C19H25N7O14P2/c20-16-12-17(22-6-21-16)26(7-23-12)8-3-36-10(5-37-41(31,32)33)15(8)40-42(34,35)38-4-9-13(28)14(29)18(39-9)25-2-1-11(27)24-19(25)30/h1-2,6-10,13-15,18,28-29H,3-5H2,(H,34,35)(H2,20,21,22)(H,24,27,30)(H2,31,32,33)/t8-,9-,10-,13-,14-,15+,18-/m1/s1.